The largest absolute Gasteiger partial charge is 0.417 e. The van der Waals surface area contributed by atoms with Gasteiger partial charge in [-0.1, -0.05) is 12.2 Å². The van der Waals surface area contributed by atoms with Gasteiger partial charge in [0.25, 0.3) is 0 Å². The normalized spacial score (nSPS) is 12.6. The van der Waals surface area contributed by atoms with E-state index in [2.05, 4.69) is 6.58 Å². The van der Waals surface area contributed by atoms with Crippen LogP contribution in [0.5, 0.6) is 0 Å². The third kappa shape index (κ3) is 2.77. The first kappa shape index (κ1) is 14.4. The highest BCUT2D eigenvalue weighted by Crippen LogP contribution is 2.44. The lowest BCUT2D eigenvalue weighted by Crippen LogP contribution is -2.19. The van der Waals surface area contributed by atoms with Crippen molar-refractivity contribution in [2.24, 2.45) is 0 Å². The number of anilines is 1. The number of allylic oxidation sites excluding steroid dienone is 1. The number of nitrogen functional groups attached to an aromatic ring is 1. The van der Waals surface area contributed by atoms with E-state index in [0.29, 0.717) is 0 Å². The predicted molar refractivity (Wildman–Crippen MR) is 55.6 cm³/mol. The summed E-state index contributed by atoms with van der Waals surface area (Å²) in [5.41, 5.74) is 0.469. The Hall–Kier alpha value is -1.66. The average molecular weight is 269 g/mol. The second-order valence-corrected chi connectivity index (χ2v) is 3.77. The molecule has 0 aromatic heterocycles. The minimum Gasteiger partial charge on any atom is -0.399 e. The van der Waals surface area contributed by atoms with Crippen molar-refractivity contribution in [3.8, 4) is 0 Å². The Morgan fingerprint density at radius 1 is 1.06 bits per heavy atom. The van der Waals surface area contributed by atoms with Gasteiger partial charge in [0.05, 0.1) is 11.1 Å². The van der Waals surface area contributed by atoms with E-state index < -0.39 is 34.7 Å². The van der Waals surface area contributed by atoms with E-state index in [4.69, 9.17) is 5.73 Å². The maximum Gasteiger partial charge on any atom is 0.417 e. The zero-order chi connectivity index (χ0) is 14.3. The van der Waals surface area contributed by atoms with Gasteiger partial charge in [0.15, 0.2) is 0 Å². The molecule has 0 bridgehead atoms. The zero-order valence-corrected chi connectivity index (χ0v) is 9.21. The SMILES string of the molecule is C=C(C)c1cc(N)cc(C(F)(F)F)c1C(F)(F)F. The van der Waals surface area contributed by atoms with E-state index in [0.717, 1.165) is 6.07 Å². The van der Waals surface area contributed by atoms with Crippen LogP contribution in [0, 0.1) is 0 Å². The molecule has 0 aliphatic carbocycles. The summed E-state index contributed by atoms with van der Waals surface area (Å²) in [6, 6.07) is 1.11. The van der Waals surface area contributed by atoms with Crippen LogP contribution >= 0.6 is 0 Å². The molecule has 0 unspecified atom stereocenters. The van der Waals surface area contributed by atoms with Crippen molar-refractivity contribution in [2.45, 2.75) is 19.3 Å². The molecule has 0 fully saturated rings. The van der Waals surface area contributed by atoms with Crippen molar-refractivity contribution in [1.29, 1.82) is 0 Å². The van der Waals surface area contributed by atoms with Crippen LogP contribution in [0.2, 0.25) is 0 Å². The van der Waals surface area contributed by atoms with Crippen LogP contribution in [-0.2, 0) is 12.4 Å². The Morgan fingerprint density at radius 2 is 1.56 bits per heavy atom. The fourth-order valence-corrected chi connectivity index (χ4v) is 1.53. The van der Waals surface area contributed by atoms with Crippen molar-refractivity contribution in [2.75, 3.05) is 5.73 Å². The van der Waals surface area contributed by atoms with Crippen molar-refractivity contribution in [3.63, 3.8) is 0 Å². The van der Waals surface area contributed by atoms with Crippen molar-refractivity contribution >= 4 is 11.3 Å². The molecule has 0 radical (unpaired) electrons. The first-order chi connectivity index (χ1) is 7.94. The van der Waals surface area contributed by atoms with Gasteiger partial charge in [-0.15, -0.1) is 0 Å². The molecule has 0 aliphatic heterocycles. The van der Waals surface area contributed by atoms with Crippen molar-refractivity contribution < 1.29 is 26.3 Å². The molecule has 1 nitrogen and oxygen atoms in total. The van der Waals surface area contributed by atoms with E-state index in [1.54, 1.807) is 0 Å². The summed E-state index contributed by atoms with van der Waals surface area (Å²) < 4.78 is 76.1. The summed E-state index contributed by atoms with van der Waals surface area (Å²) in [4.78, 5) is 0. The predicted octanol–water partition coefficient (Wildman–Crippen LogP) is 4.34. The highest BCUT2D eigenvalue weighted by molar-refractivity contribution is 5.70. The number of benzene rings is 1. The number of hydrogen-bond donors (Lipinski definition) is 1. The molecule has 0 heterocycles. The standard InChI is InChI=1S/C11H9F6N/c1-5(2)7-3-6(18)4-8(10(12,13)14)9(7)11(15,16)17/h3-4H,1,18H2,2H3. The number of alkyl halides is 6. The molecule has 1 aromatic carbocycles. The molecular formula is C11H9F6N. The molecule has 1 aromatic rings. The second kappa shape index (κ2) is 4.22. The van der Waals surface area contributed by atoms with Crippen LogP contribution < -0.4 is 5.73 Å². The van der Waals surface area contributed by atoms with Gasteiger partial charge in [0.1, 0.15) is 0 Å². The first-order valence-corrected chi connectivity index (χ1v) is 4.68. The maximum atomic E-state index is 12.7. The Bertz CT molecular complexity index is 484. The fraction of sp³-hybridized carbons (Fsp3) is 0.273. The highest BCUT2D eigenvalue weighted by Gasteiger charge is 2.45. The Kier molecular flexibility index (Phi) is 3.38. The van der Waals surface area contributed by atoms with E-state index >= 15 is 0 Å². The van der Waals surface area contributed by atoms with Crippen molar-refractivity contribution in [3.05, 3.63) is 35.4 Å². The number of rotatable bonds is 1. The van der Waals surface area contributed by atoms with Gasteiger partial charge in [0.2, 0.25) is 0 Å². The van der Waals surface area contributed by atoms with Gasteiger partial charge < -0.3 is 5.73 Å². The van der Waals surface area contributed by atoms with Crippen LogP contribution in [0.3, 0.4) is 0 Å². The Labute approximate surface area is 98.9 Å². The molecule has 0 atom stereocenters. The molecule has 7 heteroatoms. The fourth-order valence-electron chi connectivity index (χ4n) is 1.53. The Balaban J connectivity index is 3.76. The minimum absolute atomic E-state index is 0.139. The third-order valence-electron chi connectivity index (χ3n) is 2.21. The van der Waals surface area contributed by atoms with E-state index in [-0.39, 0.29) is 11.6 Å². The summed E-state index contributed by atoms with van der Waals surface area (Å²) in [5, 5.41) is 0. The summed E-state index contributed by atoms with van der Waals surface area (Å²) in [5.74, 6) is 0. The second-order valence-electron chi connectivity index (χ2n) is 3.77. The van der Waals surface area contributed by atoms with E-state index in [1.165, 1.54) is 6.92 Å². The molecule has 0 saturated heterocycles. The summed E-state index contributed by atoms with van der Waals surface area (Å²) in [6.45, 7) is 4.43. The topological polar surface area (TPSA) is 26.0 Å². The lowest BCUT2D eigenvalue weighted by molar-refractivity contribution is -0.162. The molecule has 0 spiro atoms. The quantitative estimate of drug-likeness (QED) is 0.595. The summed E-state index contributed by atoms with van der Waals surface area (Å²) >= 11 is 0. The van der Waals surface area contributed by atoms with Gasteiger partial charge in [-0.2, -0.15) is 26.3 Å². The van der Waals surface area contributed by atoms with Crippen molar-refractivity contribution in [1.82, 2.24) is 0 Å². The molecule has 100 valence electrons. The van der Waals surface area contributed by atoms with E-state index in [1.807, 2.05) is 0 Å². The van der Waals surface area contributed by atoms with Gasteiger partial charge in [0, 0.05) is 5.69 Å². The molecule has 0 amide bonds. The third-order valence-corrected chi connectivity index (χ3v) is 2.21. The van der Waals surface area contributed by atoms with Gasteiger partial charge >= 0.3 is 12.4 Å². The molecule has 18 heavy (non-hydrogen) atoms. The van der Waals surface area contributed by atoms with Crippen LogP contribution in [0.15, 0.2) is 18.7 Å². The van der Waals surface area contributed by atoms with Gasteiger partial charge in [-0.3, -0.25) is 0 Å². The maximum absolute atomic E-state index is 12.7. The molecule has 0 aliphatic rings. The first-order valence-electron chi connectivity index (χ1n) is 4.68. The van der Waals surface area contributed by atoms with Crippen LogP contribution in [0.25, 0.3) is 5.57 Å². The van der Waals surface area contributed by atoms with Gasteiger partial charge in [-0.05, 0) is 24.6 Å². The van der Waals surface area contributed by atoms with Crippen LogP contribution in [0.1, 0.15) is 23.6 Å². The molecule has 2 N–H and O–H groups in total. The molecule has 1 rings (SSSR count). The lowest BCUT2D eigenvalue weighted by atomic mass is 9.95. The zero-order valence-electron chi connectivity index (χ0n) is 9.21. The minimum atomic E-state index is -5.13. The smallest absolute Gasteiger partial charge is 0.399 e. The average Bonchev–Trinajstić information content (AvgIpc) is 2.12. The molecule has 0 saturated carbocycles. The highest BCUT2D eigenvalue weighted by atomic mass is 19.4. The Morgan fingerprint density at radius 3 is 1.89 bits per heavy atom. The van der Waals surface area contributed by atoms with Crippen LogP contribution in [0.4, 0.5) is 32.0 Å². The molecular weight excluding hydrogens is 260 g/mol. The number of halogens is 6. The number of nitrogens with two attached hydrogens (primary N) is 1. The summed E-state index contributed by atoms with van der Waals surface area (Å²) in [7, 11) is 0. The van der Waals surface area contributed by atoms with Crippen LogP contribution in [-0.4, -0.2) is 0 Å². The van der Waals surface area contributed by atoms with E-state index in [9.17, 15) is 26.3 Å². The van der Waals surface area contributed by atoms with Gasteiger partial charge in [-0.25, -0.2) is 0 Å². The lowest BCUT2D eigenvalue weighted by Gasteiger charge is -2.20. The summed E-state index contributed by atoms with van der Waals surface area (Å²) in [6.07, 6.45) is -10.3. The monoisotopic (exact) mass is 269 g/mol. The number of hydrogen-bond acceptors (Lipinski definition) is 1.